The Kier molecular flexibility index (Phi) is 4.50. The van der Waals surface area contributed by atoms with Crippen LogP contribution in [-0.4, -0.2) is 45.6 Å². The fraction of sp³-hybridized carbons (Fsp3) is 0.278. The van der Waals surface area contributed by atoms with Crippen LogP contribution in [0.4, 0.5) is 0 Å². The van der Waals surface area contributed by atoms with E-state index in [-0.39, 0.29) is 17.9 Å². The standard InChI is InChI=1S/C18H15BrN2O4S/c1-25-15-14(10-5-4-6-11(19)9-10)20(18(15)24)26-21-16(22)12-7-2-3-8-13(12)17(21)23/h2-4,6-10,14-15H,5H2,1H3/t10?,14-,15+/m0/s1. The van der Waals surface area contributed by atoms with Crippen molar-refractivity contribution in [3.8, 4) is 0 Å². The maximum absolute atomic E-state index is 12.6. The lowest BCUT2D eigenvalue weighted by molar-refractivity contribution is -0.160. The maximum Gasteiger partial charge on any atom is 0.273 e. The Morgan fingerprint density at radius 1 is 1.15 bits per heavy atom. The third-order valence-corrected chi connectivity index (χ3v) is 6.34. The van der Waals surface area contributed by atoms with Gasteiger partial charge in [0.15, 0.2) is 6.10 Å². The van der Waals surface area contributed by atoms with Gasteiger partial charge in [0.25, 0.3) is 17.7 Å². The first kappa shape index (κ1) is 17.5. The molecule has 1 saturated heterocycles. The molecular weight excluding hydrogens is 420 g/mol. The van der Waals surface area contributed by atoms with Crippen molar-refractivity contribution in [3.63, 3.8) is 0 Å². The number of hydrogen-bond donors (Lipinski definition) is 0. The number of carbonyl (C=O) groups excluding carboxylic acids is 3. The summed E-state index contributed by atoms with van der Waals surface area (Å²) in [4.78, 5) is 37.6. The monoisotopic (exact) mass is 434 g/mol. The third kappa shape index (κ3) is 2.64. The van der Waals surface area contributed by atoms with Crippen molar-refractivity contribution in [1.82, 2.24) is 8.61 Å². The third-order valence-electron chi connectivity index (χ3n) is 4.72. The minimum atomic E-state index is -0.578. The molecule has 3 atom stereocenters. The van der Waals surface area contributed by atoms with Crippen LogP contribution in [0.2, 0.25) is 0 Å². The Hall–Kier alpha value is -1.90. The lowest BCUT2D eigenvalue weighted by atomic mass is 9.84. The number of imide groups is 1. The van der Waals surface area contributed by atoms with Gasteiger partial charge in [0.1, 0.15) is 0 Å². The van der Waals surface area contributed by atoms with E-state index >= 15 is 0 Å². The fourth-order valence-electron chi connectivity index (χ4n) is 3.43. The summed E-state index contributed by atoms with van der Waals surface area (Å²) < 4.78 is 8.82. The van der Waals surface area contributed by atoms with Gasteiger partial charge in [0.05, 0.1) is 29.3 Å². The zero-order valence-corrected chi connectivity index (χ0v) is 16.2. The summed E-state index contributed by atoms with van der Waals surface area (Å²) in [5.74, 6) is -0.996. The minimum Gasteiger partial charge on any atom is -0.369 e. The van der Waals surface area contributed by atoms with E-state index in [1.165, 1.54) is 11.4 Å². The Morgan fingerprint density at radius 2 is 1.81 bits per heavy atom. The van der Waals surface area contributed by atoms with Crippen molar-refractivity contribution < 1.29 is 19.1 Å². The Morgan fingerprint density at radius 3 is 2.38 bits per heavy atom. The summed E-state index contributed by atoms with van der Waals surface area (Å²) in [6.07, 6.45) is 6.19. The second-order valence-electron chi connectivity index (χ2n) is 6.20. The highest BCUT2D eigenvalue weighted by atomic mass is 79.9. The Bertz CT molecular complexity index is 834. The zero-order valence-electron chi connectivity index (χ0n) is 13.8. The molecule has 4 rings (SSSR count). The van der Waals surface area contributed by atoms with Crippen LogP contribution in [0.3, 0.4) is 0 Å². The summed E-state index contributed by atoms with van der Waals surface area (Å²) in [7, 11) is 1.50. The molecule has 1 unspecified atom stereocenters. The molecule has 1 aromatic rings. The van der Waals surface area contributed by atoms with Gasteiger partial charge in [-0.2, -0.15) is 4.31 Å². The number of β-lactam (4-membered cyclic amide) rings is 1. The van der Waals surface area contributed by atoms with E-state index in [4.69, 9.17) is 4.74 Å². The number of ether oxygens (including phenoxy) is 1. The number of carbonyl (C=O) groups is 3. The molecule has 3 amide bonds. The molecule has 6 nitrogen and oxygen atoms in total. The largest absolute Gasteiger partial charge is 0.369 e. The van der Waals surface area contributed by atoms with E-state index in [9.17, 15) is 14.4 Å². The van der Waals surface area contributed by atoms with Gasteiger partial charge in [-0.3, -0.25) is 18.7 Å². The molecule has 26 heavy (non-hydrogen) atoms. The van der Waals surface area contributed by atoms with Crippen molar-refractivity contribution in [2.24, 2.45) is 5.92 Å². The van der Waals surface area contributed by atoms with Crippen LogP contribution >= 0.6 is 28.1 Å². The molecule has 1 aliphatic carbocycles. The topological polar surface area (TPSA) is 66.9 Å². The van der Waals surface area contributed by atoms with E-state index < -0.39 is 17.9 Å². The van der Waals surface area contributed by atoms with Crippen LogP contribution < -0.4 is 0 Å². The average Bonchev–Trinajstić information content (AvgIpc) is 2.88. The van der Waals surface area contributed by atoms with Crippen LogP contribution in [0.15, 0.2) is 47.0 Å². The van der Waals surface area contributed by atoms with Crippen LogP contribution in [0.25, 0.3) is 0 Å². The maximum atomic E-state index is 12.6. The van der Waals surface area contributed by atoms with Crippen LogP contribution in [0.5, 0.6) is 0 Å². The second kappa shape index (κ2) is 6.68. The molecular formula is C18H15BrN2O4S. The van der Waals surface area contributed by atoms with Crippen LogP contribution in [0.1, 0.15) is 27.1 Å². The predicted molar refractivity (Wildman–Crippen MR) is 100 cm³/mol. The summed E-state index contributed by atoms with van der Waals surface area (Å²) in [6, 6.07) is 6.42. The highest BCUT2D eigenvalue weighted by Crippen LogP contribution is 2.42. The molecule has 8 heteroatoms. The molecule has 0 saturated carbocycles. The first-order chi connectivity index (χ1) is 12.5. The van der Waals surface area contributed by atoms with Crippen molar-refractivity contribution in [3.05, 3.63) is 58.1 Å². The number of allylic oxidation sites excluding steroid dienone is 3. The normalized spacial score (nSPS) is 27.5. The molecule has 0 bridgehead atoms. The van der Waals surface area contributed by atoms with E-state index in [1.807, 2.05) is 18.2 Å². The highest BCUT2D eigenvalue weighted by molar-refractivity contribution is 9.11. The van der Waals surface area contributed by atoms with Crippen LogP contribution in [0, 0.1) is 5.92 Å². The molecule has 0 N–H and O–H groups in total. The van der Waals surface area contributed by atoms with Gasteiger partial charge in [-0.05, 0) is 18.6 Å². The number of hydrogen-bond acceptors (Lipinski definition) is 5. The van der Waals surface area contributed by atoms with E-state index in [0.717, 1.165) is 27.3 Å². The molecule has 134 valence electrons. The van der Waals surface area contributed by atoms with Crippen molar-refractivity contribution in [1.29, 1.82) is 0 Å². The van der Waals surface area contributed by atoms with E-state index in [0.29, 0.717) is 11.1 Å². The van der Waals surface area contributed by atoms with E-state index in [2.05, 4.69) is 15.9 Å². The number of benzene rings is 1. The van der Waals surface area contributed by atoms with Crippen molar-refractivity contribution >= 4 is 45.8 Å². The first-order valence-electron chi connectivity index (χ1n) is 8.08. The summed E-state index contributed by atoms with van der Waals surface area (Å²) >= 11 is 4.32. The molecule has 1 fully saturated rings. The fourth-order valence-corrected chi connectivity index (χ4v) is 5.03. The number of halogens is 1. The summed E-state index contributed by atoms with van der Waals surface area (Å²) in [5, 5.41) is 0. The molecule has 3 aliphatic rings. The van der Waals surface area contributed by atoms with Gasteiger partial charge in [-0.15, -0.1) is 0 Å². The number of amides is 3. The lowest BCUT2D eigenvalue weighted by Gasteiger charge is -2.48. The summed E-state index contributed by atoms with van der Waals surface area (Å²) in [5.41, 5.74) is 0.724. The zero-order chi connectivity index (χ0) is 18.4. The quantitative estimate of drug-likeness (QED) is 0.414. The first-order valence-corrected chi connectivity index (χ1v) is 9.61. The highest BCUT2D eigenvalue weighted by Gasteiger charge is 2.54. The van der Waals surface area contributed by atoms with E-state index in [1.54, 1.807) is 24.3 Å². The molecule has 0 aromatic heterocycles. The predicted octanol–water partition coefficient (Wildman–Crippen LogP) is 2.93. The minimum absolute atomic E-state index is 0.0414. The summed E-state index contributed by atoms with van der Waals surface area (Å²) in [6.45, 7) is 0. The Balaban J connectivity index is 1.57. The SMILES string of the molecule is CO[C@H]1C(=O)N(SN2C(=O)c3ccccc3C2=O)[C@H]1C1C=C(Br)C=CC1. The van der Waals surface area contributed by atoms with Gasteiger partial charge in [-0.1, -0.05) is 46.3 Å². The smallest absolute Gasteiger partial charge is 0.273 e. The van der Waals surface area contributed by atoms with Crippen LogP contribution in [-0.2, 0) is 9.53 Å². The van der Waals surface area contributed by atoms with Crippen molar-refractivity contribution in [2.75, 3.05) is 7.11 Å². The number of nitrogens with zero attached hydrogens (tertiary/aromatic N) is 2. The van der Waals surface area contributed by atoms with Gasteiger partial charge in [-0.25, -0.2) is 0 Å². The number of rotatable bonds is 4. The molecule has 0 spiro atoms. The molecule has 2 heterocycles. The Labute approximate surface area is 163 Å². The van der Waals surface area contributed by atoms with Gasteiger partial charge in [0.2, 0.25) is 0 Å². The average molecular weight is 435 g/mol. The van der Waals surface area contributed by atoms with Gasteiger partial charge >= 0.3 is 0 Å². The lowest BCUT2D eigenvalue weighted by Crippen LogP contribution is -2.65. The van der Waals surface area contributed by atoms with Gasteiger partial charge < -0.3 is 4.74 Å². The van der Waals surface area contributed by atoms with Crippen molar-refractivity contribution in [2.45, 2.75) is 18.6 Å². The second-order valence-corrected chi connectivity index (χ2v) is 8.03. The molecule has 1 aromatic carbocycles. The van der Waals surface area contributed by atoms with Gasteiger partial charge in [0, 0.05) is 17.5 Å². The number of fused-ring (bicyclic) bond motifs is 1. The molecule has 0 radical (unpaired) electrons. The molecule has 2 aliphatic heterocycles. The number of methoxy groups -OCH3 is 1.